The number of rotatable bonds is 3. The number of nitrogens with one attached hydrogen (secondary N) is 1. The van der Waals surface area contributed by atoms with E-state index in [2.05, 4.69) is 9.88 Å². The van der Waals surface area contributed by atoms with Crippen LogP contribution in [0.5, 0.6) is 0 Å². The van der Waals surface area contributed by atoms with Gasteiger partial charge in [-0.15, -0.1) is 0 Å². The Bertz CT molecular complexity index is 1940. The molecule has 5 heterocycles. The van der Waals surface area contributed by atoms with Crippen molar-refractivity contribution in [3.8, 4) is 0 Å². The van der Waals surface area contributed by atoms with Gasteiger partial charge in [0.25, 0.3) is 11.8 Å². The van der Waals surface area contributed by atoms with Gasteiger partial charge in [-0.3, -0.25) is 19.7 Å². The Morgan fingerprint density at radius 3 is 2.05 bits per heavy atom. The lowest BCUT2D eigenvalue weighted by Gasteiger charge is -2.48. The molecule has 0 aliphatic carbocycles. The van der Waals surface area contributed by atoms with Gasteiger partial charge < -0.3 is 28.5 Å². The van der Waals surface area contributed by atoms with E-state index in [0.29, 0.717) is 21.9 Å². The molecule has 0 bridgehead atoms. The number of nitrogens with zero attached hydrogens (tertiary/aromatic N) is 2. The number of esters is 1. The third-order valence-electron chi connectivity index (χ3n) is 8.42. The van der Waals surface area contributed by atoms with Crippen molar-refractivity contribution in [3.05, 3.63) is 59.7 Å². The van der Waals surface area contributed by atoms with Crippen LogP contribution in [0.2, 0.25) is 0 Å². The fourth-order valence-electron chi connectivity index (χ4n) is 7.16. The van der Waals surface area contributed by atoms with Gasteiger partial charge in [-0.1, -0.05) is 36.4 Å². The van der Waals surface area contributed by atoms with Crippen molar-refractivity contribution in [2.75, 3.05) is 13.7 Å². The van der Waals surface area contributed by atoms with Crippen molar-refractivity contribution in [2.24, 2.45) is 0 Å². The second-order valence-corrected chi connectivity index (χ2v) is 10.3. The lowest BCUT2D eigenvalue weighted by Crippen LogP contribution is -2.57. The molecule has 2 N–H and O–H groups in total. The van der Waals surface area contributed by atoms with E-state index in [1.807, 2.05) is 53.1 Å². The second-order valence-electron chi connectivity index (χ2n) is 10.3. The molecule has 1 saturated heterocycles. The van der Waals surface area contributed by atoms with E-state index in [-0.39, 0.29) is 6.61 Å². The number of hydrogen-bond acceptors (Lipinski definition) is 7. The molecule has 2 aromatic heterocycles. The van der Waals surface area contributed by atoms with Gasteiger partial charge in [0, 0.05) is 41.1 Å². The first-order valence-electron chi connectivity index (χ1n) is 12.8. The number of amides is 2. The van der Waals surface area contributed by atoms with Crippen molar-refractivity contribution in [1.82, 2.24) is 14.5 Å². The molecule has 1 fully saturated rings. The first-order chi connectivity index (χ1) is 19.0. The smallest absolute Gasteiger partial charge is 0.303 e. The molecule has 8 rings (SSSR count). The van der Waals surface area contributed by atoms with Gasteiger partial charge in [-0.05, 0) is 12.1 Å². The Balaban J connectivity index is 1.64. The van der Waals surface area contributed by atoms with Gasteiger partial charge in [-0.25, -0.2) is 0 Å². The molecule has 5 atom stereocenters. The van der Waals surface area contributed by atoms with Crippen LogP contribution in [0.15, 0.2) is 48.5 Å². The quantitative estimate of drug-likeness (QED) is 0.274. The van der Waals surface area contributed by atoms with E-state index in [9.17, 15) is 19.5 Å². The summed E-state index contributed by atoms with van der Waals surface area (Å²) in [6.07, 6.45) is -3.08. The highest BCUT2D eigenvalue weighted by atomic mass is 16.6. The topological polar surface area (TPSA) is 121 Å². The fraction of sp³-hybridized carbons (Fsp3) is 0.276. The molecular formula is C29H23N3O7. The Morgan fingerprint density at radius 1 is 0.923 bits per heavy atom. The molecule has 3 aromatic carbocycles. The number of imide groups is 1. The summed E-state index contributed by atoms with van der Waals surface area (Å²) in [5, 5.41) is 15.8. The maximum absolute atomic E-state index is 13.3. The maximum atomic E-state index is 13.3. The molecule has 3 aliphatic heterocycles. The number of fused-ring (bicyclic) bond motifs is 12. The number of carbonyl (C=O) groups is 3. The SMILES string of the molecule is CO[C@H]1[C@H](OC(C)=O)[C@H]2[C@@H](O[C@@H]1CO)n1c3ccccc3c3c4c(c5c6ccccc6n2c5c31)C(=O)NC4=O. The van der Waals surface area contributed by atoms with Gasteiger partial charge >= 0.3 is 5.97 Å². The van der Waals surface area contributed by atoms with Gasteiger partial charge in [0.05, 0.1) is 34.3 Å². The van der Waals surface area contributed by atoms with Crippen LogP contribution in [0.1, 0.15) is 39.9 Å². The van der Waals surface area contributed by atoms with Gasteiger partial charge in [-0.2, -0.15) is 0 Å². The number of ether oxygens (including phenoxy) is 3. The number of carbonyl (C=O) groups excluding carboxylic acids is 3. The number of aliphatic hydroxyl groups is 1. The lowest BCUT2D eigenvalue weighted by atomic mass is 9.92. The van der Waals surface area contributed by atoms with E-state index in [0.717, 1.165) is 32.8 Å². The molecule has 10 heteroatoms. The molecule has 196 valence electrons. The standard InChI is InChI=1S/C29H23N3O7/c1-12(34)38-26-24-29(39-17(11-33)25(26)37-2)32-16-10-6-4-8-14(16)19-21-20(27(35)30-28(21)36)18-13-7-3-5-9-15(13)31(24)22(18)23(19)32/h3-10,17,24-26,29,33H,11H2,1-2H3,(H,30,35,36)/t17-,24+,25-,26-,29-/m1/s1. The van der Waals surface area contributed by atoms with Crippen LogP contribution >= 0.6 is 0 Å². The highest BCUT2D eigenvalue weighted by Gasteiger charge is 2.53. The van der Waals surface area contributed by atoms with Crippen LogP contribution in [0.3, 0.4) is 0 Å². The van der Waals surface area contributed by atoms with Crippen LogP contribution in [0.4, 0.5) is 0 Å². The average Bonchev–Trinajstić information content (AvgIpc) is 3.55. The van der Waals surface area contributed by atoms with Crippen molar-refractivity contribution in [2.45, 2.75) is 37.5 Å². The Labute approximate surface area is 220 Å². The molecule has 5 aromatic rings. The summed E-state index contributed by atoms with van der Waals surface area (Å²) < 4.78 is 22.4. The summed E-state index contributed by atoms with van der Waals surface area (Å²) in [4.78, 5) is 39.1. The molecular weight excluding hydrogens is 502 g/mol. The zero-order valence-electron chi connectivity index (χ0n) is 21.0. The minimum Gasteiger partial charge on any atom is -0.457 e. The summed E-state index contributed by atoms with van der Waals surface area (Å²) in [5.74, 6) is -1.36. The molecule has 39 heavy (non-hydrogen) atoms. The minimum atomic E-state index is -0.824. The minimum absolute atomic E-state index is 0.344. The predicted molar refractivity (Wildman–Crippen MR) is 141 cm³/mol. The van der Waals surface area contributed by atoms with Gasteiger partial charge in [0.1, 0.15) is 18.2 Å². The highest BCUT2D eigenvalue weighted by molar-refractivity contribution is 6.39. The summed E-state index contributed by atoms with van der Waals surface area (Å²) >= 11 is 0. The largest absolute Gasteiger partial charge is 0.457 e. The van der Waals surface area contributed by atoms with E-state index in [1.165, 1.54) is 14.0 Å². The van der Waals surface area contributed by atoms with Crippen LogP contribution in [-0.4, -0.2) is 64.1 Å². The number of benzene rings is 3. The van der Waals surface area contributed by atoms with Gasteiger partial charge in [0.15, 0.2) is 12.3 Å². The molecule has 0 spiro atoms. The molecule has 0 unspecified atom stereocenters. The predicted octanol–water partition coefficient (Wildman–Crippen LogP) is 3.18. The second kappa shape index (κ2) is 7.66. The summed E-state index contributed by atoms with van der Waals surface area (Å²) in [6, 6.07) is 14.7. The number of hydrogen-bond donors (Lipinski definition) is 2. The van der Waals surface area contributed by atoms with E-state index in [4.69, 9.17) is 14.2 Å². The first kappa shape index (κ1) is 22.7. The van der Waals surface area contributed by atoms with E-state index >= 15 is 0 Å². The van der Waals surface area contributed by atoms with E-state index < -0.39 is 48.4 Å². The molecule has 2 amide bonds. The summed E-state index contributed by atoms with van der Waals surface area (Å²) in [5.41, 5.74) is 3.80. The molecule has 0 radical (unpaired) electrons. The number of aromatic nitrogens is 2. The Kier molecular flexibility index (Phi) is 4.46. The normalized spacial score (nSPS) is 25.6. The summed E-state index contributed by atoms with van der Waals surface area (Å²) in [6.45, 7) is 0.995. The maximum Gasteiger partial charge on any atom is 0.303 e. The third-order valence-corrected chi connectivity index (χ3v) is 8.42. The van der Waals surface area contributed by atoms with Crippen LogP contribution in [0, 0.1) is 0 Å². The third kappa shape index (κ3) is 2.63. The van der Waals surface area contributed by atoms with E-state index in [1.54, 1.807) is 0 Å². The molecule has 10 nitrogen and oxygen atoms in total. The van der Waals surface area contributed by atoms with Crippen LogP contribution < -0.4 is 5.32 Å². The number of aliphatic hydroxyl groups excluding tert-OH is 1. The Hall–Kier alpha value is -4.25. The highest BCUT2D eigenvalue weighted by Crippen LogP contribution is 2.54. The monoisotopic (exact) mass is 525 g/mol. The van der Waals surface area contributed by atoms with Crippen molar-refractivity contribution in [3.63, 3.8) is 0 Å². The Morgan fingerprint density at radius 2 is 1.49 bits per heavy atom. The van der Waals surface area contributed by atoms with Crippen LogP contribution in [0.25, 0.3) is 43.6 Å². The molecule has 0 saturated carbocycles. The average molecular weight is 526 g/mol. The fourth-order valence-corrected chi connectivity index (χ4v) is 7.16. The number of para-hydroxylation sites is 2. The zero-order chi connectivity index (χ0) is 26.7. The van der Waals surface area contributed by atoms with Crippen LogP contribution in [-0.2, 0) is 19.0 Å². The van der Waals surface area contributed by atoms with Crippen molar-refractivity contribution < 1.29 is 33.7 Å². The van der Waals surface area contributed by atoms with Crippen molar-refractivity contribution in [1.29, 1.82) is 0 Å². The van der Waals surface area contributed by atoms with Crippen molar-refractivity contribution >= 4 is 61.4 Å². The first-order valence-corrected chi connectivity index (χ1v) is 12.8. The zero-order valence-corrected chi connectivity index (χ0v) is 21.0. The summed E-state index contributed by atoms with van der Waals surface area (Å²) in [7, 11) is 1.50. The van der Waals surface area contributed by atoms with Gasteiger partial charge in [0.2, 0.25) is 0 Å². The number of methoxy groups -OCH3 is 1. The molecule has 3 aliphatic rings. The lowest BCUT2D eigenvalue weighted by molar-refractivity contribution is -0.239.